The Bertz CT molecular complexity index is 959. The van der Waals surface area contributed by atoms with Crippen molar-refractivity contribution in [2.45, 2.75) is 13.2 Å². The van der Waals surface area contributed by atoms with Crippen LogP contribution in [0.1, 0.15) is 27.0 Å². The van der Waals surface area contributed by atoms with E-state index in [9.17, 15) is 9.90 Å². The molecular weight excluding hydrogens is 316 g/mol. The smallest absolute Gasteiger partial charge is 0.335 e. The van der Waals surface area contributed by atoms with Gasteiger partial charge >= 0.3 is 5.97 Å². The van der Waals surface area contributed by atoms with Crippen molar-refractivity contribution in [1.82, 2.24) is 9.55 Å². The fourth-order valence-corrected chi connectivity index (χ4v) is 3.02. The third-order valence-corrected chi connectivity index (χ3v) is 4.27. The van der Waals surface area contributed by atoms with Crippen LogP contribution < -0.4 is 4.74 Å². The molecule has 1 aromatic heterocycles. The Labute approximate surface area is 144 Å². The summed E-state index contributed by atoms with van der Waals surface area (Å²) in [6.07, 6.45) is 7.47. The van der Waals surface area contributed by atoms with E-state index in [1.165, 1.54) is 0 Å². The molecule has 4 rings (SSSR count). The number of fused-ring (bicyclic) bond motifs is 2. The summed E-state index contributed by atoms with van der Waals surface area (Å²) in [7, 11) is 0. The van der Waals surface area contributed by atoms with Gasteiger partial charge in [0.2, 0.25) is 0 Å². The summed E-state index contributed by atoms with van der Waals surface area (Å²) in [5.74, 6) is -0.257. The van der Waals surface area contributed by atoms with Gasteiger partial charge in [0.1, 0.15) is 12.4 Å². The molecule has 0 amide bonds. The topological polar surface area (TPSA) is 64.3 Å². The van der Waals surface area contributed by atoms with E-state index < -0.39 is 5.97 Å². The Morgan fingerprint density at radius 1 is 1.24 bits per heavy atom. The maximum atomic E-state index is 11.4. The molecule has 25 heavy (non-hydrogen) atoms. The van der Waals surface area contributed by atoms with Crippen LogP contribution in [0.15, 0.2) is 67.3 Å². The Balaban J connectivity index is 1.88. The van der Waals surface area contributed by atoms with Crippen LogP contribution in [-0.4, -0.2) is 20.6 Å². The van der Waals surface area contributed by atoms with Gasteiger partial charge in [0.05, 0.1) is 11.9 Å². The van der Waals surface area contributed by atoms with Crippen LogP contribution in [-0.2, 0) is 13.2 Å². The van der Waals surface area contributed by atoms with Gasteiger partial charge in [0, 0.05) is 24.5 Å². The average molecular weight is 332 g/mol. The molecule has 1 N–H and O–H groups in total. The molecule has 2 heterocycles. The molecule has 0 spiro atoms. The first-order valence-corrected chi connectivity index (χ1v) is 7.97. The standard InChI is InChI=1S/C20H16N2O3/c23-20(24)14-5-6-19-18(11-14)17(7-9-22-10-8-21-13-22)16-4-2-1-3-15(16)12-25-19/h1-8,10-11,13H,9,12H2,(H,23,24)/b17-7-. The van der Waals surface area contributed by atoms with Crippen molar-refractivity contribution in [3.05, 3.63) is 89.5 Å². The predicted octanol–water partition coefficient (Wildman–Crippen LogP) is 3.61. The van der Waals surface area contributed by atoms with Crippen LogP contribution in [0.4, 0.5) is 0 Å². The van der Waals surface area contributed by atoms with Crippen molar-refractivity contribution < 1.29 is 14.6 Å². The Morgan fingerprint density at radius 3 is 2.92 bits per heavy atom. The van der Waals surface area contributed by atoms with Crippen LogP contribution in [0.3, 0.4) is 0 Å². The number of hydrogen-bond donors (Lipinski definition) is 1. The van der Waals surface area contributed by atoms with E-state index in [0.717, 1.165) is 22.3 Å². The maximum absolute atomic E-state index is 11.4. The number of carboxylic acids is 1. The highest BCUT2D eigenvalue weighted by atomic mass is 16.5. The summed E-state index contributed by atoms with van der Waals surface area (Å²) in [6.45, 7) is 1.10. The van der Waals surface area contributed by atoms with Gasteiger partial charge < -0.3 is 14.4 Å². The minimum atomic E-state index is -0.950. The van der Waals surface area contributed by atoms with E-state index in [4.69, 9.17) is 4.74 Å². The third-order valence-electron chi connectivity index (χ3n) is 4.27. The van der Waals surface area contributed by atoms with Crippen LogP contribution >= 0.6 is 0 Å². The highest BCUT2D eigenvalue weighted by Crippen LogP contribution is 2.37. The number of benzene rings is 2. The largest absolute Gasteiger partial charge is 0.488 e. The first-order valence-electron chi connectivity index (χ1n) is 7.97. The zero-order valence-corrected chi connectivity index (χ0v) is 13.4. The van der Waals surface area contributed by atoms with Gasteiger partial charge in [-0.1, -0.05) is 30.3 Å². The quantitative estimate of drug-likeness (QED) is 0.796. The van der Waals surface area contributed by atoms with Crippen molar-refractivity contribution >= 4 is 11.5 Å². The zero-order valence-electron chi connectivity index (χ0n) is 13.4. The lowest BCUT2D eigenvalue weighted by Gasteiger charge is -2.12. The van der Waals surface area contributed by atoms with Crippen LogP contribution in [0.5, 0.6) is 5.75 Å². The van der Waals surface area contributed by atoms with Gasteiger partial charge in [0.25, 0.3) is 0 Å². The van der Waals surface area contributed by atoms with E-state index in [1.807, 2.05) is 35.0 Å². The fraction of sp³-hybridized carbons (Fsp3) is 0.100. The molecule has 0 aliphatic carbocycles. The van der Waals surface area contributed by atoms with Gasteiger partial charge in [-0.05, 0) is 34.9 Å². The minimum Gasteiger partial charge on any atom is -0.488 e. The summed E-state index contributed by atoms with van der Waals surface area (Å²) in [6, 6.07) is 13.0. The first-order chi connectivity index (χ1) is 12.2. The maximum Gasteiger partial charge on any atom is 0.335 e. The highest BCUT2D eigenvalue weighted by molar-refractivity contribution is 5.92. The summed E-state index contributed by atoms with van der Waals surface area (Å²) < 4.78 is 7.88. The van der Waals surface area contributed by atoms with Crippen molar-refractivity contribution in [3.63, 3.8) is 0 Å². The van der Waals surface area contributed by atoms with Crippen LogP contribution in [0.2, 0.25) is 0 Å². The Kier molecular flexibility index (Phi) is 3.82. The first kappa shape index (κ1) is 15.2. The van der Waals surface area contributed by atoms with Crippen molar-refractivity contribution in [3.8, 4) is 5.75 Å². The van der Waals surface area contributed by atoms with Crippen molar-refractivity contribution in [1.29, 1.82) is 0 Å². The summed E-state index contributed by atoms with van der Waals surface area (Å²) in [4.78, 5) is 15.5. The Hall–Kier alpha value is -3.34. The van der Waals surface area contributed by atoms with Crippen molar-refractivity contribution in [2.75, 3.05) is 0 Å². The molecule has 0 radical (unpaired) electrons. The van der Waals surface area contributed by atoms with Crippen LogP contribution in [0.25, 0.3) is 5.57 Å². The number of hydrogen-bond acceptors (Lipinski definition) is 3. The molecule has 0 saturated heterocycles. The van der Waals surface area contributed by atoms with Crippen molar-refractivity contribution in [2.24, 2.45) is 0 Å². The molecule has 1 aliphatic rings. The zero-order chi connectivity index (χ0) is 17.2. The Morgan fingerprint density at radius 2 is 2.12 bits per heavy atom. The average Bonchev–Trinajstić information content (AvgIpc) is 3.09. The summed E-state index contributed by atoms with van der Waals surface area (Å²) in [5, 5.41) is 9.35. The van der Waals surface area contributed by atoms with Gasteiger partial charge in [-0.2, -0.15) is 0 Å². The number of aromatic carboxylic acids is 1. The third kappa shape index (κ3) is 2.92. The van der Waals surface area contributed by atoms with Gasteiger partial charge in [-0.25, -0.2) is 9.78 Å². The van der Waals surface area contributed by atoms with Gasteiger partial charge in [0.15, 0.2) is 0 Å². The molecule has 2 aromatic carbocycles. The number of aromatic nitrogens is 2. The summed E-state index contributed by atoms with van der Waals surface area (Å²) in [5.41, 5.74) is 4.15. The highest BCUT2D eigenvalue weighted by Gasteiger charge is 2.20. The number of carboxylic acid groups (broad SMARTS) is 1. The second kappa shape index (κ2) is 6.28. The van der Waals surface area contributed by atoms with Gasteiger partial charge in [-0.15, -0.1) is 0 Å². The van der Waals surface area contributed by atoms with E-state index >= 15 is 0 Å². The van der Waals surface area contributed by atoms with E-state index in [2.05, 4.69) is 11.1 Å². The minimum absolute atomic E-state index is 0.246. The number of carbonyl (C=O) groups is 1. The summed E-state index contributed by atoms with van der Waals surface area (Å²) >= 11 is 0. The second-order valence-corrected chi connectivity index (χ2v) is 5.84. The van der Waals surface area contributed by atoms with E-state index in [1.54, 1.807) is 30.7 Å². The number of rotatable bonds is 3. The molecule has 0 fully saturated rings. The number of allylic oxidation sites excluding steroid dienone is 1. The normalized spacial score (nSPS) is 14.3. The molecule has 124 valence electrons. The molecule has 5 nitrogen and oxygen atoms in total. The van der Waals surface area contributed by atoms with Gasteiger partial charge in [-0.3, -0.25) is 0 Å². The molecule has 0 unspecified atom stereocenters. The molecule has 0 bridgehead atoms. The van der Waals surface area contributed by atoms with E-state index in [0.29, 0.717) is 18.9 Å². The predicted molar refractivity (Wildman–Crippen MR) is 93.5 cm³/mol. The van der Waals surface area contributed by atoms with E-state index in [-0.39, 0.29) is 5.56 Å². The molecule has 5 heteroatoms. The molecule has 0 saturated carbocycles. The molecule has 1 aliphatic heterocycles. The number of ether oxygens (including phenoxy) is 1. The lowest BCUT2D eigenvalue weighted by atomic mass is 9.93. The molecular formula is C20H16N2O3. The molecule has 0 atom stereocenters. The second-order valence-electron chi connectivity index (χ2n) is 5.84. The SMILES string of the molecule is O=C(O)c1ccc2c(c1)/C(=C\Cn1ccnc1)c1ccccc1CO2. The lowest BCUT2D eigenvalue weighted by Crippen LogP contribution is -2.00. The lowest BCUT2D eigenvalue weighted by molar-refractivity contribution is 0.0697. The van der Waals surface area contributed by atoms with Crippen LogP contribution in [0, 0.1) is 0 Å². The number of nitrogens with zero attached hydrogens (tertiary/aromatic N) is 2. The molecule has 3 aromatic rings. The monoisotopic (exact) mass is 332 g/mol. The fourth-order valence-electron chi connectivity index (χ4n) is 3.02. The number of imidazole rings is 1.